The molecular weight excluding hydrogens is 385 g/mol. The van der Waals surface area contributed by atoms with E-state index in [1.807, 2.05) is 65.8 Å². The number of amides is 1. The number of hydrogen-bond donors (Lipinski definition) is 4. The average molecular weight is 416 g/mol. The third kappa shape index (κ3) is 9.63. The molecule has 5 nitrogen and oxygen atoms in total. The molecule has 0 aliphatic heterocycles. The Morgan fingerprint density at radius 1 is 0.889 bits per heavy atom. The van der Waals surface area contributed by atoms with Crippen LogP contribution in [0, 0.1) is 13.8 Å². The smallest absolute Gasteiger partial charge is 0.221 e. The van der Waals surface area contributed by atoms with Crippen molar-refractivity contribution >= 4 is 46.2 Å². The van der Waals surface area contributed by atoms with Crippen LogP contribution in [0.5, 0.6) is 0 Å². The number of carbonyl (C=O) groups is 1. The molecule has 0 radical (unpaired) electrons. The van der Waals surface area contributed by atoms with Crippen LogP contribution in [0.15, 0.2) is 30.3 Å². The van der Waals surface area contributed by atoms with Crippen molar-refractivity contribution in [3.8, 4) is 0 Å². The summed E-state index contributed by atoms with van der Waals surface area (Å²) in [5.41, 5.74) is 4.41. The number of halogens is 2. The molecule has 2 aromatic rings. The molecule has 0 saturated heterocycles. The summed E-state index contributed by atoms with van der Waals surface area (Å²) in [5, 5.41) is 13.8. The number of anilines is 3. The highest BCUT2D eigenvalue weighted by Gasteiger charge is 2.09. The molecule has 0 aromatic heterocycles. The first-order valence-corrected chi connectivity index (χ1v) is 9.49. The lowest BCUT2D eigenvalue weighted by Crippen LogP contribution is -2.08. The number of benzene rings is 2. The van der Waals surface area contributed by atoms with Crippen LogP contribution >= 0.6 is 23.2 Å². The molecule has 7 heteroatoms. The average Bonchev–Trinajstić information content (AvgIpc) is 2.66. The zero-order valence-corrected chi connectivity index (χ0v) is 18.6. The fourth-order valence-electron chi connectivity index (χ4n) is 2.00. The quantitative estimate of drug-likeness (QED) is 0.419. The number of aryl methyl sites for hydroxylation is 1. The highest BCUT2D eigenvalue weighted by atomic mass is 35.5. The lowest BCUT2D eigenvalue weighted by molar-refractivity contribution is -0.114. The first-order valence-electron chi connectivity index (χ1n) is 8.73. The lowest BCUT2D eigenvalue weighted by Gasteiger charge is -2.16. The second-order valence-corrected chi connectivity index (χ2v) is 5.76. The monoisotopic (exact) mass is 415 g/mol. The number of hydrogen-bond acceptors (Lipinski definition) is 4. The van der Waals surface area contributed by atoms with Gasteiger partial charge < -0.3 is 15.8 Å². The van der Waals surface area contributed by atoms with E-state index < -0.39 is 0 Å². The standard InChI is InChI=1S/C16H16Cl2N2O.2C2H6.H3NO/c1-9-4-5-12(17)6-14(9)20-16-8-13(18)7-15(10(16)2)19-11(3)21;3*1-2/h4-8,20H,1-3H3,(H,19,21);2*1-2H3;2H,1H2. The summed E-state index contributed by atoms with van der Waals surface area (Å²) in [7, 11) is 0. The summed E-state index contributed by atoms with van der Waals surface area (Å²) in [6.07, 6.45) is 0. The largest absolute Gasteiger partial charge is 0.355 e. The van der Waals surface area contributed by atoms with Gasteiger partial charge in [0.05, 0.1) is 0 Å². The fraction of sp³-hybridized carbons (Fsp3) is 0.350. The van der Waals surface area contributed by atoms with Gasteiger partial charge in [-0.15, -0.1) is 0 Å². The SMILES string of the molecule is CC.CC.CC(=O)Nc1cc(Cl)cc(Nc2cc(Cl)ccc2C)c1C.NO. The maximum absolute atomic E-state index is 11.3. The van der Waals surface area contributed by atoms with Crippen molar-refractivity contribution in [1.29, 1.82) is 0 Å². The molecule has 152 valence electrons. The Balaban J connectivity index is 0. The Kier molecular flexibility index (Phi) is 15.5. The second kappa shape index (κ2) is 15.3. The third-order valence-electron chi connectivity index (χ3n) is 3.15. The molecule has 0 bridgehead atoms. The molecule has 1 amide bonds. The van der Waals surface area contributed by atoms with E-state index in [1.54, 1.807) is 6.07 Å². The molecule has 27 heavy (non-hydrogen) atoms. The van der Waals surface area contributed by atoms with E-state index in [4.69, 9.17) is 28.4 Å². The zero-order valence-electron chi connectivity index (χ0n) is 17.1. The molecule has 5 N–H and O–H groups in total. The summed E-state index contributed by atoms with van der Waals surface area (Å²) >= 11 is 12.2. The molecule has 2 rings (SSSR count). The summed E-state index contributed by atoms with van der Waals surface area (Å²) in [6, 6.07) is 9.20. The van der Waals surface area contributed by atoms with Gasteiger partial charge in [-0.25, -0.2) is 5.90 Å². The second-order valence-electron chi connectivity index (χ2n) is 4.89. The van der Waals surface area contributed by atoms with Crippen LogP contribution in [-0.2, 0) is 4.79 Å². The van der Waals surface area contributed by atoms with Crippen molar-refractivity contribution in [2.75, 3.05) is 10.6 Å². The topological polar surface area (TPSA) is 87.4 Å². The first kappa shape index (κ1) is 27.4. The minimum absolute atomic E-state index is 0.134. The van der Waals surface area contributed by atoms with Crippen molar-refractivity contribution in [3.63, 3.8) is 0 Å². The van der Waals surface area contributed by atoms with E-state index in [2.05, 4.69) is 16.5 Å². The van der Waals surface area contributed by atoms with E-state index in [0.29, 0.717) is 15.7 Å². The van der Waals surface area contributed by atoms with E-state index in [-0.39, 0.29) is 5.91 Å². The fourth-order valence-corrected chi connectivity index (χ4v) is 2.39. The third-order valence-corrected chi connectivity index (χ3v) is 3.61. The Labute approximate surface area is 172 Å². The van der Waals surface area contributed by atoms with E-state index in [1.165, 1.54) is 6.92 Å². The molecular formula is C20H31Cl2N3O2. The Morgan fingerprint density at radius 2 is 1.37 bits per heavy atom. The Bertz CT molecular complexity index is 708. The van der Waals surface area contributed by atoms with Crippen molar-refractivity contribution in [3.05, 3.63) is 51.5 Å². The Hall–Kier alpha value is -1.79. The van der Waals surface area contributed by atoms with Crippen LogP contribution in [0.1, 0.15) is 45.7 Å². The molecule has 2 aromatic carbocycles. The summed E-state index contributed by atoms with van der Waals surface area (Å²) in [4.78, 5) is 11.3. The summed E-state index contributed by atoms with van der Waals surface area (Å²) in [6.45, 7) is 13.4. The van der Waals surface area contributed by atoms with Gasteiger partial charge in [-0.1, -0.05) is 57.0 Å². The summed E-state index contributed by atoms with van der Waals surface area (Å²) < 4.78 is 0. The predicted octanol–water partition coefficient (Wildman–Crippen LogP) is 6.70. The van der Waals surface area contributed by atoms with Crippen molar-refractivity contribution in [2.24, 2.45) is 5.90 Å². The van der Waals surface area contributed by atoms with Crippen molar-refractivity contribution in [2.45, 2.75) is 48.5 Å². The van der Waals surface area contributed by atoms with Gasteiger partial charge in [0.25, 0.3) is 0 Å². The maximum atomic E-state index is 11.3. The van der Waals surface area contributed by atoms with E-state index >= 15 is 0 Å². The Morgan fingerprint density at radius 3 is 1.89 bits per heavy atom. The van der Waals surface area contributed by atoms with Crippen LogP contribution in [0.3, 0.4) is 0 Å². The van der Waals surface area contributed by atoms with Gasteiger partial charge in [-0.05, 0) is 49.2 Å². The molecule has 0 saturated carbocycles. The number of carbonyl (C=O) groups excluding carboxylic acids is 1. The van der Waals surface area contributed by atoms with E-state index in [0.717, 1.165) is 22.5 Å². The van der Waals surface area contributed by atoms with Crippen molar-refractivity contribution < 1.29 is 10.0 Å². The predicted molar refractivity (Wildman–Crippen MR) is 119 cm³/mol. The van der Waals surface area contributed by atoms with Gasteiger partial charge in [0.2, 0.25) is 5.91 Å². The number of nitrogens with one attached hydrogen (secondary N) is 2. The number of nitrogens with two attached hydrogens (primary N) is 1. The van der Waals surface area contributed by atoms with Gasteiger partial charge in [-0.2, -0.15) is 0 Å². The molecule has 0 heterocycles. The molecule has 0 atom stereocenters. The summed E-state index contributed by atoms with van der Waals surface area (Å²) in [5.74, 6) is 3.37. The van der Waals surface area contributed by atoms with Crippen LogP contribution in [-0.4, -0.2) is 11.1 Å². The first-order chi connectivity index (χ1) is 12.9. The highest BCUT2D eigenvalue weighted by molar-refractivity contribution is 6.31. The van der Waals surface area contributed by atoms with Gasteiger partial charge in [-0.3, -0.25) is 4.79 Å². The normalized spacial score (nSPS) is 8.70. The van der Waals surface area contributed by atoms with Gasteiger partial charge >= 0.3 is 0 Å². The van der Waals surface area contributed by atoms with Crippen LogP contribution < -0.4 is 16.5 Å². The van der Waals surface area contributed by atoms with Gasteiger partial charge in [0.15, 0.2) is 0 Å². The highest BCUT2D eigenvalue weighted by Crippen LogP contribution is 2.32. The molecule has 0 fully saturated rings. The van der Waals surface area contributed by atoms with Crippen molar-refractivity contribution in [1.82, 2.24) is 0 Å². The van der Waals surface area contributed by atoms with Crippen LogP contribution in [0.25, 0.3) is 0 Å². The zero-order chi connectivity index (χ0) is 21.6. The van der Waals surface area contributed by atoms with Crippen LogP contribution in [0.2, 0.25) is 10.0 Å². The molecule has 0 aliphatic rings. The minimum atomic E-state index is -0.134. The maximum Gasteiger partial charge on any atom is 0.221 e. The number of rotatable bonds is 3. The lowest BCUT2D eigenvalue weighted by atomic mass is 10.1. The van der Waals surface area contributed by atoms with Gasteiger partial charge in [0.1, 0.15) is 0 Å². The van der Waals surface area contributed by atoms with Crippen LogP contribution in [0.4, 0.5) is 17.1 Å². The minimum Gasteiger partial charge on any atom is -0.355 e. The molecule has 0 unspecified atom stereocenters. The van der Waals surface area contributed by atoms with Gasteiger partial charge in [0, 0.05) is 34.0 Å². The van der Waals surface area contributed by atoms with E-state index in [9.17, 15) is 4.79 Å². The molecule has 0 spiro atoms. The molecule has 0 aliphatic carbocycles.